The van der Waals surface area contributed by atoms with Gasteiger partial charge in [0, 0.05) is 32.6 Å². The molecule has 2 aromatic heterocycles. The number of nitrogens with one attached hydrogen (secondary N) is 1. The van der Waals surface area contributed by atoms with E-state index in [1.54, 1.807) is 24.7 Å². The van der Waals surface area contributed by atoms with Gasteiger partial charge in [-0.05, 0) is 32.3 Å². The van der Waals surface area contributed by atoms with Gasteiger partial charge in [-0.2, -0.15) is 5.10 Å². The van der Waals surface area contributed by atoms with Crippen LogP contribution in [0.2, 0.25) is 0 Å². The van der Waals surface area contributed by atoms with Crippen LogP contribution < -0.4 is 5.32 Å². The molecule has 2 fully saturated rings. The second-order valence-electron chi connectivity index (χ2n) is 7.12. The minimum Gasteiger partial charge on any atom is -0.436 e. The van der Waals surface area contributed by atoms with Gasteiger partial charge < -0.3 is 14.6 Å². The van der Waals surface area contributed by atoms with Crippen LogP contribution in [0.1, 0.15) is 59.6 Å². The van der Waals surface area contributed by atoms with Crippen LogP contribution in [0.15, 0.2) is 16.7 Å². The van der Waals surface area contributed by atoms with Crippen molar-refractivity contribution >= 4 is 11.8 Å². The van der Waals surface area contributed by atoms with Crippen LogP contribution in [0.5, 0.6) is 0 Å². The number of carbonyl (C=O) groups is 2. The summed E-state index contributed by atoms with van der Waals surface area (Å²) in [6, 6.07) is 1.77. The number of hydrogen-bond acceptors (Lipinski definition) is 5. The maximum absolute atomic E-state index is 12.8. The number of amides is 2. The Hall–Kier alpha value is -2.64. The van der Waals surface area contributed by atoms with E-state index in [4.69, 9.17) is 4.42 Å². The molecule has 2 aliphatic rings. The Bertz CT molecular complexity index is 851. The van der Waals surface area contributed by atoms with Crippen molar-refractivity contribution in [2.45, 2.75) is 57.7 Å². The number of hydrogen-bond donors (Lipinski definition) is 1. The number of carbonyl (C=O) groups excluding carboxylic acids is 2. The summed E-state index contributed by atoms with van der Waals surface area (Å²) in [5.41, 5.74) is 1.50. The van der Waals surface area contributed by atoms with Crippen LogP contribution >= 0.6 is 0 Å². The van der Waals surface area contributed by atoms with E-state index in [0.717, 1.165) is 18.5 Å². The zero-order chi connectivity index (χ0) is 18.4. The highest BCUT2D eigenvalue weighted by atomic mass is 16.4. The van der Waals surface area contributed by atoms with Gasteiger partial charge in [-0.15, -0.1) is 0 Å². The van der Waals surface area contributed by atoms with Gasteiger partial charge >= 0.3 is 0 Å². The van der Waals surface area contributed by atoms with Crippen LogP contribution in [0.3, 0.4) is 0 Å². The molecular weight excluding hydrogens is 334 g/mol. The molecule has 0 spiro atoms. The normalized spacial score (nSPS) is 23.3. The second kappa shape index (κ2) is 6.26. The van der Waals surface area contributed by atoms with Gasteiger partial charge in [0.05, 0.1) is 23.5 Å². The molecular formula is C18H23N5O3. The van der Waals surface area contributed by atoms with Gasteiger partial charge in [-0.3, -0.25) is 14.3 Å². The van der Waals surface area contributed by atoms with E-state index in [2.05, 4.69) is 15.4 Å². The minimum absolute atomic E-state index is 0.149. The van der Waals surface area contributed by atoms with Crippen molar-refractivity contribution < 1.29 is 14.0 Å². The number of rotatable bonds is 4. The lowest BCUT2D eigenvalue weighted by Crippen LogP contribution is -2.53. The van der Waals surface area contributed by atoms with E-state index in [1.807, 2.05) is 18.0 Å². The monoisotopic (exact) mass is 357 g/mol. The first-order valence-corrected chi connectivity index (χ1v) is 8.99. The summed E-state index contributed by atoms with van der Waals surface area (Å²) in [5.74, 6) is 0.566. The Kier molecular flexibility index (Phi) is 4.05. The quantitative estimate of drug-likeness (QED) is 0.898. The molecule has 2 aromatic rings. The van der Waals surface area contributed by atoms with Crippen molar-refractivity contribution in [2.75, 3.05) is 0 Å². The first-order valence-electron chi connectivity index (χ1n) is 8.99. The molecule has 0 aromatic carbocycles. The van der Waals surface area contributed by atoms with Crippen LogP contribution in [0.4, 0.5) is 0 Å². The average Bonchev–Trinajstić information content (AvgIpc) is 3.25. The van der Waals surface area contributed by atoms with Crippen LogP contribution in [0.25, 0.3) is 0 Å². The number of aromatic nitrogens is 3. The zero-order valence-electron chi connectivity index (χ0n) is 15.2. The molecule has 1 aliphatic carbocycles. The fraction of sp³-hybridized carbons (Fsp3) is 0.556. The van der Waals surface area contributed by atoms with E-state index < -0.39 is 0 Å². The van der Waals surface area contributed by atoms with Gasteiger partial charge in [-0.1, -0.05) is 0 Å². The molecule has 8 heteroatoms. The predicted octanol–water partition coefficient (Wildman–Crippen LogP) is 1.65. The molecule has 138 valence electrons. The molecule has 0 unspecified atom stereocenters. The third-order valence-corrected chi connectivity index (χ3v) is 5.17. The standard InChI is InChI=1S/C18H23N5O3/c1-10-17(26-11(2)20-10)18(25)21-13-6-7-15(24)23(12-4-5-12)16(13)14-8-9-19-22(14)3/h8-9,12-13,16H,4-7H2,1-3H3,(H,21,25)/t13-,16-/m1/s1. The number of nitrogens with zero attached hydrogens (tertiary/aromatic N) is 4. The van der Waals surface area contributed by atoms with Gasteiger partial charge in [0.15, 0.2) is 5.89 Å². The summed E-state index contributed by atoms with van der Waals surface area (Å²) in [5, 5.41) is 7.34. The summed E-state index contributed by atoms with van der Waals surface area (Å²) in [4.78, 5) is 31.5. The number of aryl methyl sites for hydroxylation is 3. The highest BCUT2D eigenvalue weighted by Crippen LogP contribution is 2.40. The fourth-order valence-corrected chi connectivity index (χ4v) is 3.85. The maximum Gasteiger partial charge on any atom is 0.289 e. The molecule has 8 nitrogen and oxygen atoms in total. The number of likely N-dealkylation sites (tertiary alicyclic amines) is 1. The van der Waals surface area contributed by atoms with E-state index in [0.29, 0.717) is 24.4 Å². The minimum atomic E-state index is -0.287. The van der Waals surface area contributed by atoms with E-state index in [9.17, 15) is 9.59 Å². The lowest BCUT2D eigenvalue weighted by atomic mass is 9.92. The van der Waals surface area contributed by atoms with E-state index in [-0.39, 0.29) is 35.7 Å². The molecule has 2 atom stereocenters. The Labute approximate surface area is 151 Å². The molecule has 4 rings (SSSR count). The van der Waals surface area contributed by atoms with Gasteiger partial charge in [0.25, 0.3) is 5.91 Å². The summed E-state index contributed by atoms with van der Waals surface area (Å²) >= 11 is 0. The first-order chi connectivity index (χ1) is 12.5. The van der Waals surface area contributed by atoms with E-state index >= 15 is 0 Å². The van der Waals surface area contributed by atoms with E-state index in [1.165, 1.54) is 0 Å². The van der Waals surface area contributed by atoms with Crippen LogP contribution in [-0.4, -0.2) is 43.6 Å². The van der Waals surface area contributed by atoms with Crippen LogP contribution in [-0.2, 0) is 11.8 Å². The SMILES string of the molecule is Cc1nc(C)c(C(=O)N[C@@H]2CCC(=O)N(C3CC3)[C@H]2c2ccnn2C)o1. The number of piperidine rings is 1. The first kappa shape index (κ1) is 16.8. The van der Waals surface area contributed by atoms with Crippen molar-refractivity contribution in [3.63, 3.8) is 0 Å². The Morgan fingerprint density at radius 1 is 1.31 bits per heavy atom. The molecule has 1 N–H and O–H groups in total. The molecule has 1 saturated heterocycles. The Morgan fingerprint density at radius 3 is 2.65 bits per heavy atom. The Morgan fingerprint density at radius 2 is 2.08 bits per heavy atom. The summed E-state index contributed by atoms with van der Waals surface area (Å²) in [7, 11) is 1.86. The topological polar surface area (TPSA) is 93.3 Å². The third-order valence-electron chi connectivity index (χ3n) is 5.17. The summed E-state index contributed by atoms with van der Waals surface area (Å²) in [6.45, 7) is 3.47. The maximum atomic E-state index is 12.8. The Balaban J connectivity index is 1.64. The highest BCUT2D eigenvalue weighted by molar-refractivity contribution is 5.93. The third kappa shape index (κ3) is 2.89. The van der Waals surface area contributed by atoms with Gasteiger partial charge in [0.2, 0.25) is 11.7 Å². The van der Waals surface area contributed by atoms with Crippen molar-refractivity contribution in [3.8, 4) is 0 Å². The van der Waals surface area contributed by atoms with Gasteiger partial charge in [-0.25, -0.2) is 4.98 Å². The number of oxazole rings is 1. The molecule has 1 aliphatic heterocycles. The summed E-state index contributed by atoms with van der Waals surface area (Å²) < 4.78 is 7.23. The molecule has 1 saturated carbocycles. The fourth-order valence-electron chi connectivity index (χ4n) is 3.85. The molecule has 2 amide bonds. The molecule has 0 radical (unpaired) electrons. The molecule has 26 heavy (non-hydrogen) atoms. The predicted molar refractivity (Wildman–Crippen MR) is 92.3 cm³/mol. The van der Waals surface area contributed by atoms with Crippen molar-refractivity contribution in [1.29, 1.82) is 0 Å². The smallest absolute Gasteiger partial charge is 0.289 e. The zero-order valence-corrected chi connectivity index (χ0v) is 15.2. The molecule has 3 heterocycles. The largest absolute Gasteiger partial charge is 0.436 e. The van der Waals surface area contributed by atoms with Crippen molar-refractivity contribution in [2.24, 2.45) is 7.05 Å². The lowest BCUT2D eigenvalue weighted by Gasteiger charge is -2.41. The molecule has 0 bridgehead atoms. The van der Waals surface area contributed by atoms with Crippen LogP contribution in [0, 0.1) is 13.8 Å². The average molecular weight is 357 g/mol. The lowest BCUT2D eigenvalue weighted by molar-refractivity contribution is -0.138. The highest BCUT2D eigenvalue weighted by Gasteiger charge is 2.45. The van der Waals surface area contributed by atoms with Gasteiger partial charge in [0.1, 0.15) is 0 Å². The second-order valence-corrected chi connectivity index (χ2v) is 7.12. The summed E-state index contributed by atoms with van der Waals surface area (Å²) in [6.07, 6.45) is 4.78. The van der Waals surface area contributed by atoms with Crippen molar-refractivity contribution in [1.82, 2.24) is 25.0 Å². The van der Waals surface area contributed by atoms with Crippen molar-refractivity contribution in [3.05, 3.63) is 35.3 Å².